The Hall–Kier alpha value is -3.19. The van der Waals surface area contributed by atoms with Gasteiger partial charge in [-0.2, -0.15) is 0 Å². The van der Waals surface area contributed by atoms with Gasteiger partial charge in [-0.3, -0.25) is 14.6 Å². The fourth-order valence-electron chi connectivity index (χ4n) is 3.67. The molecule has 1 aliphatic heterocycles. The van der Waals surface area contributed by atoms with E-state index in [1.807, 2.05) is 0 Å². The Morgan fingerprint density at radius 1 is 1.17 bits per heavy atom. The molecule has 1 saturated heterocycles. The predicted molar refractivity (Wildman–Crippen MR) is 114 cm³/mol. The van der Waals surface area contributed by atoms with Crippen molar-refractivity contribution in [3.63, 3.8) is 0 Å². The molecule has 1 aromatic carbocycles. The molecule has 0 unspecified atom stereocenters. The summed E-state index contributed by atoms with van der Waals surface area (Å²) in [4.78, 5) is 33.9. The third kappa shape index (κ3) is 4.21. The van der Waals surface area contributed by atoms with Gasteiger partial charge in [0.05, 0.1) is 18.4 Å². The summed E-state index contributed by atoms with van der Waals surface area (Å²) in [5.41, 5.74) is 1.00. The molecule has 158 valence electrons. The van der Waals surface area contributed by atoms with Crippen LogP contribution < -0.4 is 4.74 Å². The first-order valence-electron chi connectivity index (χ1n) is 10.1. The van der Waals surface area contributed by atoms with E-state index in [-0.39, 0.29) is 11.3 Å². The summed E-state index contributed by atoms with van der Waals surface area (Å²) in [7, 11) is 1.53. The van der Waals surface area contributed by atoms with Crippen molar-refractivity contribution in [2.24, 2.45) is 0 Å². The SMILES string of the molecule is CCN(CC)CCN1C(=O)C(=O)C(=C(O)c2cccc(OC)c2)[C@@H]1c1ccccn1. The van der Waals surface area contributed by atoms with Gasteiger partial charge >= 0.3 is 0 Å². The number of rotatable bonds is 8. The van der Waals surface area contributed by atoms with Gasteiger partial charge in [0.1, 0.15) is 17.6 Å². The maximum Gasteiger partial charge on any atom is 0.295 e. The lowest BCUT2D eigenvalue weighted by atomic mass is 9.98. The van der Waals surface area contributed by atoms with Crippen LogP contribution in [0.3, 0.4) is 0 Å². The lowest BCUT2D eigenvalue weighted by Crippen LogP contribution is -2.38. The summed E-state index contributed by atoms with van der Waals surface area (Å²) in [5.74, 6) is -1.01. The van der Waals surface area contributed by atoms with Crippen LogP contribution in [0.5, 0.6) is 5.75 Å². The van der Waals surface area contributed by atoms with E-state index in [4.69, 9.17) is 4.74 Å². The number of Topliss-reactive ketones (excluding diaryl/α,β-unsaturated/α-hetero) is 1. The third-order valence-corrected chi connectivity index (χ3v) is 5.40. The summed E-state index contributed by atoms with van der Waals surface area (Å²) in [6.45, 7) is 6.79. The molecule has 1 amide bonds. The smallest absolute Gasteiger partial charge is 0.295 e. The fourth-order valence-corrected chi connectivity index (χ4v) is 3.67. The molecule has 7 nitrogen and oxygen atoms in total. The van der Waals surface area contributed by atoms with E-state index in [2.05, 4.69) is 23.7 Å². The Kier molecular flexibility index (Phi) is 6.84. The number of hydrogen-bond donors (Lipinski definition) is 1. The van der Waals surface area contributed by atoms with Crippen LogP contribution in [0.15, 0.2) is 54.2 Å². The molecule has 1 atom stereocenters. The Morgan fingerprint density at radius 3 is 2.57 bits per heavy atom. The zero-order valence-corrected chi connectivity index (χ0v) is 17.5. The van der Waals surface area contributed by atoms with Crippen LogP contribution in [-0.2, 0) is 9.59 Å². The molecule has 1 aromatic heterocycles. The van der Waals surface area contributed by atoms with Gasteiger partial charge in [-0.15, -0.1) is 0 Å². The van der Waals surface area contributed by atoms with Crippen LogP contribution in [0.2, 0.25) is 0 Å². The van der Waals surface area contributed by atoms with E-state index in [1.165, 1.54) is 12.0 Å². The topological polar surface area (TPSA) is 83.0 Å². The number of hydrogen-bond acceptors (Lipinski definition) is 6. The van der Waals surface area contributed by atoms with E-state index < -0.39 is 17.7 Å². The van der Waals surface area contributed by atoms with Crippen molar-refractivity contribution in [1.29, 1.82) is 0 Å². The monoisotopic (exact) mass is 409 g/mol. The second-order valence-corrected chi connectivity index (χ2v) is 7.01. The van der Waals surface area contributed by atoms with Crippen molar-refractivity contribution < 1.29 is 19.4 Å². The predicted octanol–water partition coefficient (Wildman–Crippen LogP) is 2.85. The van der Waals surface area contributed by atoms with Crippen molar-refractivity contribution in [3.05, 3.63) is 65.5 Å². The highest BCUT2D eigenvalue weighted by atomic mass is 16.5. The molecule has 0 aliphatic carbocycles. The van der Waals surface area contributed by atoms with Gasteiger partial charge in [0, 0.05) is 24.8 Å². The minimum Gasteiger partial charge on any atom is -0.507 e. The number of likely N-dealkylation sites (N-methyl/N-ethyl adjacent to an activating group) is 1. The van der Waals surface area contributed by atoms with Crippen LogP contribution in [0.4, 0.5) is 0 Å². The molecule has 1 fully saturated rings. The van der Waals surface area contributed by atoms with Crippen LogP contribution >= 0.6 is 0 Å². The summed E-state index contributed by atoms with van der Waals surface area (Å²) >= 11 is 0. The highest BCUT2D eigenvalue weighted by Crippen LogP contribution is 2.38. The molecule has 0 bridgehead atoms. The van der Waals surface area contributed by atoms with E-state index in [0.717, 1.165) is 13.1 Å². The van der Waals surface area contributed by atoms with Gasteiger partial charge in [-0.25, -0.2) is 0 Å². The molecule has 2 aromatic rings. The average molecular weight is 409 g/mol. The first-order valence-corrected chi connectivity index (χ1v) is 10.1. The van der Waals surface area contributed by atoms with Crippen molar-refractivity contribution in [3.8, 4) is 5.75 Å². The number of benzene rings is 1. The third-order valence-electron chi connectivity index (χ3n) is 5.40. The van der Waals surface area contributed by atoms with Crippen molar-refractivity contribution in [2.75, 3.05) is 33.3 Å². The largest absolute Gasteiger partial charge is 0.507 e. The molecule has 30 heavy (non-hydrogen) atoms. The summed E-state index contributed by atoms with van der Waals surface area (Å²) in [6.07, 6.45) is 1.62. The number of carbonyl (C=O) groups is 2. The van der Waals surface area contributed by atoms with Crippen molar-refractivity contribution in [2.45, 2.75) is 19.9 Å². The summed E-state index contributed by atoms with van der Waals surface area (Å²) in [5, 5.41) is 11.0. The lowest BCUT2D eigenvalue weighted by Gasteiger charge is -2.27. The molecule has 0 saturated carbocycles. The van der Waals surface area contributed by atoms with Crippen LogP contribution in [0.1, 0.15) is 31.1 Å². The number of aromatic nitrogens is 1. The molecule has 7 heteroatoms. The fraction of sp³-hybridized carbons (Fsp3) is 0.348. The number of ketones is 1. The zero-order chi connectivity index (χ0) is 21.7. The van der Waals surface area contributed by atoms with E-state index in [9.17, 15) is 14.7 Å². The van der Waals surface area contributed by atoms with Gasteiger partial charge in [-0.05, 0) is 37.4 Å². The number of amides is 1. The average Bonchev–Trinajstić information content (AvgIpc) is 3.04. The zero-order valence-electron chi connectivity index (χ0n) is 17.5. The Balaban J connectivity index is 2.08. The van der Waals surface area contributed by atoms with Gasteiger partial charge in [-0.1, -0.05) is 32.0 Å². The standard InChI is InChI=1S/C23H27N3O4/c1-4-25(5-2)13-14-26-20(18-11-6-7-12-24-18)19(22(28)23(26)29)21(27)16-9-8-10-17(15-16)30-3/h6-12,15,20,27H,4-5,13-14H2,1-3H3/t20-/m0/s1. The van der Waals surface area contributed by atoms with Gasteiger partial charge in [0.25, 0.3) is 11.7 Å². The quantitative estimate of drug-likeness (QED) is 0.410. The first-order chi connectivity index (χ1) is 14.5. The normalized spacial score (nSPS) is 18.3. The van der Waals surface area contributed by atoms with E-state index in [1.54, 1.807) is 48.7 Å². The minimum absolute atomic E-state index is 0.0477. The molecule has 0 radical (unpaired) electrons. The highest BCUT2D eigenvalue weighted by molar-refractivity contribution is 6.46. The number of aliphatic hydroxyl groups excluding tert-OH is 1. The molecule has 3 rings (SSSR count). The number of nitrogens with zero attached hydrogens (tertiary/aromatic N) is 3. The molecule has 2 heterocycles. The lowest BCUT2D eigenvalue weighted by molar-refractivity contribution is -0.140. The number of pyridine rings is 1. The van der Waals surface area contributed by atoms with Gasteiger partial charge in [0.2, 0.25) is 0 Å². The van der Waals surface area contributed by atoms with Crippen molar-refractivity contribution in [1.82, 2.24) is 14.8 Å². The second-order valence-electron chi connectivity index (χ2n) is 7.01. The van der Waals surface area contributed by atoms with Crippen LogP contribution in [-0.4, -0.2) is 64.9 Å². The van der Waals surface area contributed by atoms with E-state index in [0.29, 0.717) is 30.1 Å². The number of aliphatic hydroxyl groups is 1. The van der Waals surface area contributed by atoms with Gasteiger partial charge in [0.15, 0.2) is 0 Å². The maximum absolute atomic E-state index is 13.0. The Labute approximate surface area is 176 Å². The highest BCUT2D eigenvalue weighted by Gasteiger charge is 2.46. The van der Waals surface area contributed by atoms with Crippen LogP contribution in [0.25, 0.3) is 5.76 Å². The number of ether oxygens (including phenoxy) is 1. The minimum atomic E-state index is -0.743. The molecule has 0 spiro atoms. The Bertz CT molecular complexity index is 938. The summed E-state index contributed by atoms with van der Waals surface area (Å²) in [6, 6.07) is 11.4. The van der Waals surface area contributed by atoms with E-state index >= 15 is 0 Å². The molecular weight excluding hydrogens is 382 g/mol. The summed E-state index contributed by atoms with van der Waals surface area (Å²) < 4.78 is 5.22. The molecular formula is C23H27N3O4. The van der Waals surface area contributed by atoms with Crippen LogP contribution in [0, 0.1) is 0 Å². The number of methoxy groups -OCH3 is 1. The maximum atomic E-state index is 13.0. The second kappa shape index (κ2) is 9.54. The van der Waals surface area contributed by atoms with Crippen molar-refractivity contribution >= 4 is 17.4 Å². The molecule has 1 aliphatic rings. The Morgan fingerprint density at radius 2 is 1.93 bits per heavy atom. The number of carbonyl (C=O) groups excluding carboxylic acids is 2. The first kappa shape index (κ1) is 21.5. The van der Waals surface area contributed by atoms with Gasteiger partial charge < -0.3 is 19.6 Å². The number of likely N-dealkylation sites (tertiary alicyclic amines) is 1. The molecule has 1 N–H and O–H groups in total.